The molecule has 4 aromatic rings. The fraction of sp³-hybridized carbons (Fsp3) is 0.136. The third-order valence-electron chi connectivity index (χ3n) is 4.29. The maximum atomic E-state index is 12.2. The van der Waals surface area contributed by atoms with E-state index >= 15 is 0 Å². The summed E-state index contributed by atoms with van der Waals surface area (Å²) in [6.07, 6.45) is 1.01. The van der Waals surface area contributed by atoms with Crippen LogP contribution in [0.25, 0.3) is 21.9 Å². The third-order valence-corrected chi connectivity index (χ3v) is 4.55. The first-order chi connectivity index (χ1) is 13.2. The van der Waals surface area contributed by atoms with Gasteiger partial charge < -0.3 is 14.5 Å². The first kappa shape index (κ1) is 17.4. The molecule has 0 radical (unpaired) electrons. The highest BCUT2D eigenvalue weighted by atomic mass is 35.5. The molecule has 0 aliphatic rings. The summed E-state index contributed by atoms with van der Waals surface area (Å²) in [7, 11) is 0. The lowest BCUT2D eigenvalue weighted by Gasteiger charge is -2.07. The summed E-state index contributed by atoms with van der Waals surface area (Å²) in [6.45, 7) is 0.470. The van der Waals surface area contributed by atoms with Crippen LogP contribution in [-0.4, -0.2) is 12.5 Å². The van der Waals surface area contributed by atoms with Crippen molar-refractivity contribution in [1.29, 1.82) is 0 Å². The van der Waals surface area contributed by atoms with Crippen LogP contribution in [0.3, 0.4) is 0 Å². The summed E-state index contributed by atoms with van der Waals surface area (Å²) in [5.41, 5.74) is 2.33. The van der Waals surface area contributed by atoms with Crippen LogP contribution in [0.5, 0.6) is 5.75 Å². The van der Waals surface area contributed by atoms with Gasteiger partial charge in [-0.2, -0.15) is 0 Å². The molecule has 0 aliphatic carbocycles. The lowest BCUT2D eigenvalue weighted by molar-refractivity contribution is -0.116. The van der Waals surface area contributed by atoms with Crippen molar-refractivity contribution in [2.24, 2.45) is 0 Å². The molecule has 1 amide bonds. The molecule has 1 heterocycles. The van der Waals surface area contributed by atoms with Gasteiger partial charge in [0, 0.05) is 34.0 Å². The topological polar surface area (TPSA) is 51.5 Å². The van der Waals surface area contributed by atoms with Gasteiger partial charge in [-0.1, -0.05) is 29.8 Å². The molecule has 0 atom stereocenters. The number of amides is 1. The van der Waals surface area contributed by atoms with Gasteiger partial charge in [0.1, 0.15) is 16.9 Å². The van der Waals surface area contributed by atoms with Crippen molar-refractivity contribution < 1.29 is 13.9 Å². The zero-order chi connectivity index (χ0) is 18.6. The van der Waals surface area contributed by atoms with Crippen molar-refractivity contribution >= 4 is 45.1 Å². The minimum Gasteiger partial charge on any atom is -0.494 e. The Labute approximate surface area is 161 Å². The molecule has 27 heavy (non-hydrogen) atoms. The van der Waals surface area contributed by atoms with Crippen LogP contribution >= 0.6 is 11.6 Å². The molecule has 4 nitrogen and oxygen atoms in total. The number of hydrogen-bond donors (Lipinski definition) is 1. The van der Waals surface area contributed by atoms with E-state index in [1.54, 1.807) is 12.1 Å². The van der Waals surface area contributed by atoms with Gasteiger partial charge in [0.15, 0.2) is 0 Å². The second-order valence-electron chi connectivity index (χ2n) is 6.26. The van der Waals surface area contributed by atoms with Crippen LogP contribution in [-0.2, 0) is 4.79 Å². The average molecular weight is 380 g/mol. The van der Waals surface area contributed by atoms with E-state index < -0.39 is 0 Å². The van der Waals surface area contributed by atoms with Gasteiger partial charge in [-0.05, 0) is 48.9 Å². The molecule has 0 saturated carbocycles. The largest absolute Gasteiger partial charge is 0.494 e. The van der Waals surface area contributed by atoms with Crippen molar-refractivity contribution in [3.63, 3.8) is 0 Å². The zero-order valence-electron chi connectivity index (χ0n) is 14.6. The number of carbonyl (C=O) groups is 1. The fourth-order valence-electron chi connectivity index (χ4n) is 2.98. The fourth-order valence-corrected chi connectivity index (χ4v) is 3.11. The van der Waals surface area contributed by atoms with Gasteiger partial charge in [0.25, 0.3) is 0 Å². The molecule has 1 N–H and O–H groups in total. The minimum atomic E-state index is -0.0508. The molecular formula is C22H18ClNO3. The number of fused-ring (bicyclic) bond motifs is 3. The lowest BCUT2D eigenvalue weighted by Crippen LogP contribution is -2.12. The Morgan fingerprint density at radius 1 is 0.963 bits per heavy atom. The van der Waals surface area contributed by atoms with Crippen molar-refractivity contribution in [2.75, 3.05) is 11.9 Å². The molecule has 5 heteroatoms. The quantitative estimate of drug-likeness (QED) is 0.415. The Hall–Kier alpha value is -2.98. The van der Waals surface area contributed by atoms with Gasteiger partial charge in [0.05, 0.1) is 6.61 Å². The normalized spacial score (nSPS) is 11.0. The van der Waals surface area contributed by atoms with E-state index in [1.165, 1.54) is 0 Å². The molecular weight excluding hydrogens is 362 g/mol. The van der Waals surface area contributed by atoms with E-state index in [0.29, 0.717) is 24.5 Å². The number of furan rings is 1. The van der Waals surface area contributed by atoms with Crippen molar-refractivity contribution in [3.05, 3.63) is 71.8 Å². The highest BCUT2D eigenvalue weighted by Gasteiger charge is 2.08. The number of carbonyl (C=O) groups excluding carboxylic acids is 1. The summed E-state index contributed by atoms with van der Waals surface area (Å²) in [6, 6.07) is 20.8. The Morgan fingerprint density at radius 3 is 2.59 bits per heavy atom. The van der Waals surface area contributed by atoms with Gasteiger partial charge in [-0.3, -0.25) is 4.79 Å². The Bertz CT molecular complexity index is 1090. The smallest absolute Gasteiger partial charge is 0.224 e. The van der Waals surface area contributed by atoms with E-state index in [-0.39, 0.29) is 5.91 Å². The molecule has 0 aliphatic heterocycles. The number of para-hydroxylation sites is 1. The van der Waals surface area contributed by atoms with Crippen molar-refractivity contribution in [3.8, 4) is 5.75 Å². The molecule has 4 rings (SSSR count). The van der Waals surface area contributed by atoms with Crippen LogP contribution in [0.4, 0.5) is 5.69 Å². The van der Waals surface area contributed by atoms with Crippen LogP contribution in [0.2, 0.25) is 5.02 Å². The summed E-state index contributed by atoms with van der Waals surface area (Å²) in [5.74, 6) is 0.695. The van der Waals surface area contributed by atoms with E-state index in [0.717, 1.165) is 33.4 Å². The van der Waals surface area contributed by atoms with Gasteiger partial charge >= 0.3 is 0 Å². The van der Waals surface area contributed by atoms with E-state index in [9.17, 15) is 4.79 Å². The SMILES string of the molecule is O=C(CCCOc1ccc(Cl)cc1)Nc1ccc2c(c1)oc1ccccc12. The molecule has 1 aromatic heterocycles. The molecule has 136 valence electrons. The summed E-state index contributed by atoms with van der Waals surface area (Å²) < 4.78 is 11.4. The number of ether oxygens (including phenoxy) is 1. The van der Waals surface area contributed by atoms with Gasteiger partial charge in [0.2, 0.25) is 5.91 Å². The van der Waals surface area contributed by atoms with Crippen LogP contribution in [0, 0.1) is 0 Å². The average Bonchev–Trinajstić information content (AvgIpc) is 3.04. The summed E-state index contributed by atoms with van der Waals surface area (Å²) in [4.78, 5) is 12.2. The van der Waals surface area contributed by atoms with E-state index in [4.69, 9.17) is 20.8 Å². The Kier molecular flexibility index (Phi) is 4.99. The van der Waals surface area contributed by atoms with Crippen LogP contribution < -0.4 is 10.1 Å². The second-order valence-corrected chi connectivity index (χ2v) is 6.70. The molecule has 0 unspecified atom stereocenters. The molecule has 0 bridgehead atoms. The zero-order valence-corrected chi connectivity index (χ0v) is 15.3. The number of benzene rings is 3. The van der Waals surface area contributed by atoms with Crippen LogP contribution in [0.15, 0.2) is 71.1 Å². The monoisotopic (exact) mass is 379 g/mol. The Morgan fingerprint density at radius 2 is 1.74 bits per heavy atom. The third kappa shape index (κ3) is 4.07. The van der Waals surface area contributed by atoms with Gasteiger partial charge in [-0.25, -0.2) is 0 Å². The Balaban J connectivity index is 1.32. The predicted octanol–water partition coefficient (Wildman–Crippen LogP) is 6.04. The molecule has 3 aromatic carbocycles. The minimum absolute atomic E-state index is 0.0508. The lowest BCUT2D eigenvalue weighted by atomic mass is 10.1. The highest BCUT2D eigenvalue weighted by Crippen LogP contribution is 2.30. The highest BCUT2D eigenvalue weighted by molar-refractivity contribution is 6.30. The first-order valence-electron chi connectivity index (χ1n) is 8.78. The first-order valence-corrected chi connectivity index (χ1v) is 9.16. The number of hydrogen-bond acceptors (Lipinski definition) is 3. The number of nitrogens with one attached hydrogen (secondary N) is 1. The molecule has 0 fully saturated rings. The van der Waals surface area contributed by atoms with Crippen molar-refractivity contribution in [1.82, 2.24) is 0 Å². The summed E-state index contributed by atoms with van der Waals surface area (Å²) >= 11 is 5.84. The maximum Gasteiger partial charge on any atom is 0.224 e. The second kappa shape index (κ2) is 7.72. The summed E-state index contributed by atoms with van der Waals surface area (Å²) in [5, 5.41) is 5.70. The molecule has 0 saturated heterocycles. The van der Waals surface area contributed by atoms with Gasteiger partial charge in [-0.15, -0.1) is 0 Å². The van der Waals surface area contributed by atoms with Crippen LogP contribution in [0.1, 0.15) is 12.8 Å². The standard InChI is InChI=1S/C22H18ClNO3/c23-15-7-10-17(11-8-15)26-13-3-6-22(25)24-16-9-12-19-18-4-1-2-5-20(18)27-21(19)14-16/h1-2,4-5,7-12,14H,3,6,13H2,(H,24,25). The predicted molar refractivity (Wildman–Crippen MR) is 109 cm³/mol. The number of anilines is 1. The molecule has 0 spiro atoms. The van der Waals surface area contributed by atoms with Crippen molar-refractivity contribution in [2.45, 2.75) is 12.8 Å². The van der Waals surface area contributed by atoms with E-state index in [1.807, 2.05) is 54.6 Å². The van der Waals surface area contributed by atoms with E-state index in [2.05, 4.69) is 5.32 Å². The number of halogens is 1. The number of rotatable bonds is 6. The maximum absolute atomic E-state index is 12.2.